The highest BCUT2D eigenvalue weighted by atomic mass is 16.7. The first-order chi connectivity index (χ1) is 20.7. The lowest BCUT2D eigenvalue weighted by atomic mass is 9.85. The lowest BCUT2D eigenvalue weighted by Crippen LogP contribution is -2.64. The average Bonchev–Trinajstić information content (AvgIpc) is 2.93. The molecule has 16 nitrogen and oxygen atoms in total. The van der Waals surface area contributed by atoms with E-state index in [1.54, 1.807) is 0 Å². The van der Waals surface area contributed by atoms with Gasteiger partial charge in [-0.2, -0.15) is 0 Å². The van der Waals surface area contributed by atoms with Crippen LogP contribution in [0.25, 0.3) is 0 Å². The summed E-state index contributed by atoms with van der Waals surface area (Å²) in [5.41, 5.74) is -0.0564. The molecule has 4 unspecified atom stereocenters. The van der Waals surface area contributed by atoms with E-state index in [2.05, 4.69) is 0 Å². The summed E-state index contributed by atoms with van der Waals surface area (Å²) in [7, 11) is 0. The molecule has 16 heteroatoms. The average molecular weight is 665 g/mol. The molecule has 1 aromatic carbocycles. The van der Waals surface area contributed by atoms with Crippen LogP contribution in [0, 0.1) is 31.1 Å². The Hall–Kier alpha value is -2.38. The van der Waals surface area contributed by atoms with Gasteiger partial charge in [-0.25, -0.2) is 0 Å². The van der Waals surface area contributed by atoms with Crippen molar-refractivity contribution < 1.29 is 59.8 Å². The number of benzene rings is 1. The highest BCUT2D eigenvalue weighted by Gasteiger charge is 2.50. The molecular formula is C30H52N2O14. The van der Waals surface area contributed by atoms with Gasteiger partial charge in [0, 0.05) is 11.6 Å². The number of aliphatic hydroxyl groups excluding tert-OH is 7. The monoisotopic (exact) mass is 664 g/mol. The minimum atomic E-state index is -1.67. The number of rotatable bonds is 9. The summed E-state index contributed by atoms with van der Waals surface area (Å²) in [6.45, 7) is 10.8. The van der Waals surface area contributed by atoms with E-state index in [-0.39, 0.29) is 29.6 Å². The summed E-state index contributed by atoms with van der Waals surface area (Å²) in [6.07, 6.45) is -11.6. The Kier molecular flexibility index (Phi) is 15.5. The van der Waals surface area contributed by atoms with Crippen LogP contribution >= 0.6 is 0 Å². The molecule has 2 heterocycles. The summed E-state index contributed by atoms with van der Waals surface area (Å²) in [4.78, 5) is 20.2. The highest BCUT2D eigenvalue weighted by Crippen LogP contribution is 2.33. The van der Waals surface area contributed by atoms with Crippen LogP contribution in [0.4, 0.5) is 11.4 Å². The minimum Gasteiger partial charge on any atom is -0.394 e. The highest BCUT2D eigenvalue weighted by molar-refractivity contribution is 5.49. The Labute approximate surface area is 268 Å². The van der Waals surface area contributed by atoms with Gasteiger partial charge in [0.2, 0.25) is 0 Å². The summed E-state index contributed by atoms with van der Waals surface area (Å²) in [5, 5.41) is 91.2. The van der Waals surface area contributed by atoms with E-state index in [9.17, 15) is 56.0 Å². The molecule has 0 amide bonds. The first-order valence-electron chi connectivity index (χ1n) is 14.7. The van der Waals surface area contributed by atoms with Crippen molar-refractivity contribution >= 4 is 11.4 Å². The van der Waals surface area contributed by atoms with Gasteiger partial charge >= 0.3 is 0 Å². The second-order valence-corrected chi connectivity index (χ2v) is 13.8. The molecule has 3 rings (SSSR count). The molecule has 1 aromatic rings. The van der Waals surface area contributed by atoms with Crippen LogP contribution in [0.1, 0.15) is 67.4 Å². The molecule has 0 bridgehead atoms. The zero-order valence-electron chi connectivity index (χ0n) is 26.4. The van der Waals surface area contributed by atoms with Crippen LogP contribution in [0.2, 0.25) is 0 Å². The van der Waals surface area contributed by atoms with E-state index in [4.69, 9.17) is 14.2 Å². The second kappa shape index (κ2) is 17.1. The number of nitro benzene ring substituents is 2. The van der Waals surface area contributed by atoms with Crippen LogP contribution in [0.15, 0.2) is 18.2 Å². The third kappa shape index (κ3) is 11.4. The van der Waals surface area contributed by atoms with Crippen molar-refractivity contribution in [2.24, 2.45) is 10.8 Å². The molecule has 0 spiro atoms. The van der Waals surface area contributed by atoms with Gasteiger partial charge in [0.1, 0.15) is 48.8 Å². The molecule has 266 valence electrons. The van der Waals surface area contributed by atoms with E-state index in [0.29, 0.717) is 24.8 Å². The van der Waals surface area contributed by atoms with Gasteiger partial charge < -0.3 is 50.0 Å². The maximum absolute atomic E-state index is 10.9. The fourth-order valence-electron chi connectivity index (χ4n) is 5.03. The Balaban J connectivity index is 0.000000505. The van der Waals surface area contributed by atoms with Gasteiger partial charge in [-0.15, -0.1) is 0 Å². The van der Waals surface area contributed by atoms with Gasteiger partial charge in [-0.05, 0) is 36.2 Å². The lowest BCUT2D eigenvalue weighted by molar-refractivity contribution is -0.394. The smallest absolute Gasteiger partial charge is 0.279 e. The van der Waals surface area contributed by atoms with Crippen LogP contribution in [0.5, 0.6) is 0 Å². The molecule has 2 fully saturated rings. The van der Waals surface area contributed by atoms with Gasteiger partial charge in [0.05, 0.1) is 35.2 Å². The van der Waals surface area contributed by atoms with Crippen molar-refractivity contribution in [2.75, 3.05) is 13.2 Å². The lowest BCUT2D eigenvalue weighted by Gasteiger charge is -2.46. The zero-order valence-corrected chi connectivity index (χ0v) is 26.4. The predicted octanol–water partition coefficient (Wildman–Crippen LogP) is 1.21. The normalized spacial score (nSPS) is 31.7. The molecule has 10 atom stereocenters. The van der Waals surface area contributed by atoms with Crippen molar-refractivity contribution in [1.82, 2.24) is 0 Å². The maximum atomic E-state index is 10.9. The Morgan fingerprint density at radius 1 is 0.761 bits per heavy atom. The van der Waals surface area contributed by atoms with E-state index in [1.165, 1.54) is 12.1 Å². The molecule has 2 saturated heterocycles. The largest absolute Gasteiger partial charge is 0.394 e. The van der Waals surface area contributed by atoms with Crippen LogP contribution in [-0.2, 0) is 20.6 Å². The summed E-state index contributed by atoms with van der Waals surface area (Å²) >= 11 is 0. The molecule has 0 aliphatic carbocycles. The third-order valence-corrected chi connectivity index (χ3v) is 7.48. The predicted molar refractivity (Wildman–Crippen MR) is 165 cm³/mol. The van der Waals surface area contributed by atoms with E-state index >= 15 is 0 Å². The zero-order chi connectivity index (χ0) is 34.4. The molecule has 0 radical (unpaired) electrons. The maximum Gasteiger partial charge on any atom is 0.279 e. The first kappa shape index (κ1) is 41.6. The number of hydrogen-bond donors (Lipinski definition) is 7. The number of nitrogens with zero attached hydrogens (tertiary/aromatic N) is 2. The molecule has 2 aliphatic heterocycles. The minimum absolute atomic E-state index is 0. The second-order valence-electron chi connectivity index (χ2n) is 13.8. The summed E-state index contributed by atoms with van der Waals surface area (Å²) < 4.78 is 16.5. The van der Waals surface area contributed by atoms with Gasteiger partial charge in [0.15, 0.2) is 6.29 Å². The Bertz CT molecular complexity index is 1120. The Morgan fingerprint density at radius 2 is 1.30 bits per heavy atom. The molecule has 0 aromatic heterocycles. The number of aliphatic hydroxyl groups is 7. The third-order valence-electron chi connectivity index (χ3n) is 7.48. The SMILES string of the molecule is C.CC(C)(C)CC[C@@H]1OC(CO)[C@H](O)[C@H](O[C@H]2OC(CO)[C@H](O)[C@H](O)C2O)C1O.CC(C)(C)Cc1ccc([N+](=O)[O-])cc1[N+](=O)[O-]. The standard InChI is InChI=1S/C18H34O10.C11H14N2O4.CH4/c1-18(2,3)5-4-8-12(22)16(13(23)10(7-20)26-8)28-17-15(25)14(24)11(21)9(6-19)27-17;1-11(2,3)7-8-4-5-9(12(14)15)6-10(8)13(16)17;/h8-17,19-25H,4-7H2,1-3H3;4-6H,7H2,1-3H3;1H4/t8-,9?,10?,11-,12?,13-,14-,15?,16+,17+;;/m0../s1. The van der Waals surface area contributed by atoms with Crippen molar-refractivity contribution in [3.05, 3.63) is 44.0 Å². The molecule has 46 heavy (non-hydrogen) atoms. The van der Waals surface area contributed by atoms with Crippen LogP contribution in [-0.4, -0.2) is 120 Å². The molecule has 0 saturated carbocycles. The number of hydrogen-bond acceptors (Lipinski definition) is 14. The Morgan fingerprint density at radius 3 is 1.78 bits per heavy atom. The van der Waals surface area contributed by atoms with Crippen molar-refractivity contribution in [3.63, 3.8) is 0 Å². The summed E-state index contributed by atoms with van der Waals surface area (Å²) in [6, 6.07) is 3.77. The quantitative estimate of drug-likeness (QED) is 0.145. The summed E-state index contributed by atoms with van der Waals surface area (Å²) in [5.74, 6) is 0. The fraction of sp³-hybridized carbons (Fsp3) is 0.800. The van der Waals surface area contributed by atoms with Gasteiger partial charge in [-0.3, -0.25) is 20.2 Å². The molecular weight excluding hydrogens is 612 g/mol. The molecule has 2 aliphatic rings. The van der Waals surface area contributed by atoms with Crippen molar-refractivity contribution in [2.45, 2.75) is 129 Å². The number of nitro groups is 2. The van der Waals surface area contributed by atoms with Crippen LogP contribution < -0.4 is 0 Å². The van der Waals surface area contributed by atoms with E-state index in [0.717, 1.165) is 6.07 Å². The van der Waals surface area contributed by atoms with E-state index < -0.39 is 84.3 Å². The molecule has 7 N–H and O–H groups in total. The van der Waals surface area contributed by atoms with Crippen molar-refractivity contribution in [1.29, 1.82) is 0 Å². The van der Waals surface area contributed by atoms with Crippen molar-refractivity contribution in [3.8, 4) is 0 Å². The first-order valence-corrected chi connectivity index (χ1v) is 14.7. The van der Waals surface area contributed by atoms with Gasteiger partial charge in [-0.1, -0.05) is 49.0 Å². The number of non-ortho nitro benzene ring substituents is 1. The van der Waals surface area contributed by atoms with Gasteiger partial charge in [0.25, 0.3) is 11.4 Å². The fourth-order valence-corrected chi connectivity index (χ4v) is 5.03. The number of ether oxygens (including phenoxy) is 3. The topological polar surface area (TPSA) is 256 Å². The van der Waals surface area contributed by atoms with Crippen LogP contribution in [0.3, 0.4) is 0 Å². The van der Waals surface area contributed by atoms with E-state index in [1.807, 2.05) is 41.5 Å².